The fraction of sp³-hybridized carbons (Fsp3) is 0.308. The summed E-state index contributed by atoms with van der Waals surface area (Å²) in [6.07, 6.45) is 4.91. The van der Waals surface area contributed by atoms with Gasteiger partial charge in [-0.3, -0.25) is 9.78 Å². The molecular formula is C13H14ClN3O. The maximum absolute atomic E-state index is 12.0. The quantitative estimate of drug-likeness (QED) is 0.632. The number of aromatic nitrogens is 3. The first kappa shape index (κ1) is 12.8. The second kappa shape index (κ2) is 4.90. The van der Waals surface area contributed by atoms with Crippen LogP contribution >= 0.6 is 11.6 Å². The van der Waals surface area contributed by atoms with Crippen LogP contribution in [0.1, 0.15) is 28.7 Å². The van der Waals surface area contributed by atoms with Gasteiger partial charge in [0.15, 0.2) is 11.6 Å². The van der Waals surface area contributed by atoms with Crippen molar-refractivity contribution in [2.24, 2.45) is 0 Å². The number of halogens is 1. The fourth-order valence-corrected chi connectivity index (χ4v) is 2.10. The van der Waals surface area contributed by atoms with Gasteiger partial charge in [0.05, 0.1) is 11.6 Å². The average Bonchev–Trinajstić information content (AvgIpc) is 2.65. The van der Waals surface area contributed by atoms with E-state index < -0.39 is 5.38 Å². The molecule has 0 aromatic carbocycles. The Kier molecular flexibility index (Phi) is 3.48. The highest BCUT2D eigenvalue weighted by Crippen LogP contribution is 2.21. The second-order valence-electron chi connectivity index (χ2n) is 4.16. The molecule has 2 rings (SSSR count). The minimum absolute atomic E-state index is 0.0695. The molecule has 0 aliphatic heterocycles. The van der Waals surface area contributed by atoms with Crippen molar-refractivity contribution < 1.29 is 4.79 Å². The Morgan fingerprint density at radius 3 is 2.67 bits per heavy atom. The van der Waals surface area contributed by atoms with Gasteiger partial charge in [-0.05, 0) is 26.8 Å². The number of Topliss-reactive ketones (excluding diaryl/α,β-unsaturated/α-hetero) is 1. The Bertz CT molecular complexity index is 575. The Labute approximate surface area is 111 Å². The van der Waals surface area contributed by atoms with Gasteiger partial charge in [0.2, 0.25) is 0 Å². The lowest BCUT2D eigenvalue weighted by Crippen LogP contribution is -2.12. The summed E-state index contributed by atoms with van der Waals surface area (Å²) >= 11 is 5.86. The molecule has 0 spiro atoms. The van der Waals surface area contributed by atoms with Gasteiger partial charge in [0.1, 0.15) is 0 Å². The van der Waals surface area contributed by atoms with Crippen LogP contribution in [0, 0.1) is 13.8 Å². The van der Waals surface area contributed by atoms with Gasteiger partial charge in [-0.2, -0.15) is 0 Å². The van der Waals surface area contributed by atoms with Crippen LogP contribution in [0.25, 0.3) is 5.82 Å². The third kappa shape index (κ3) is 2.16. The molecule has 18 heavy (non-hydrogen) atoms. The van der Waals surface area contributed by atoms with Crippen LogP contribution in [0.4, 0.5) is 0 Å². The Balaban J connectivity index is 2.55. The molecule has 1 atom stereocenters. The average molecular weight is 264 g/mol. The van der Waals surface area contributed by atoms with Gasteiger partial charge >= 0.3 is 0 Å². The van der Waals surface area contributed by atoms with E-state index >= 15 is 0 Å². The highest BCUT2D eigenvalue weighted by Gasteiger charge is 2.20. The zero-order valence-corrected chi connectivity index (χ0v) is 11.3. The van der Waals surface area contributed by atoms with Crippen LogP contribution < -0.4 is 0 Å². The summed E-state index contributed by atoms with van der Waals surface area (Å²) < 4.78 is 1.90. The summed E-state index contributed by atoms with van der Waals surface area (Å²) in [5, 5.41) is -0.527. The topological polar surface area (TPSA) is 47.8 Å². The summed E-state index contributed by atoms with van der Waals surface area (Å²) in [4.78, 5) is 20.3. The van der Waals surface area contributed by atoms with E-state index in [1.54, 1.807) is 25.5 Å². The molecule has 0 bridgehead atoms. The SMILES string of the molecule is Cc1cc(C(=O)C(C)Cl)c(C)n1-c1cnccn1. The van der Waals surface area contributed by atoms with Crippen LogP contribution in [-0.4, -0.2) is 25.7 Å². The van der Waals surface area contributed by atoms with E-state index in [1.807, 2.05) is 24.5 Å². The lowest BCUT2D eigenvalue weighted by Gasteiger charge is -2.08. The third-order valence-electron chi connectivity index (χ3n) is 2.84. The van der Waals surface area contributed by atoms with E-state index in [9.17, 15) is 4.79 Å². The van der Waals surface area contributed by atoms with Gasteiger partial charge in [0, 0.05) is 29.3 Å². The number of carbonyl (C=O) groups is 1. The van der Waals surface area contributed by atoms with Crippen LogP contribution in [-0.2, 0) is 0 Å². The van der Waals surface area contributed by atoms with E-state index in [-0.39, 0.29) is 5.78 Å². The number of ketones is 1. The van der Waals surface area contributed by atoms with Crippen molar-refractivity contribution in [3.63, 3.8) is 0 Å². The van der Waals surface area contributed by atoms with Crippen molar-refractivity contribution >= 4 is 17.4 Å². The zero-order chi connectivity index (χ0) is 13.3. The number of hydrogen-bond acceptors (Lipinski definition) is 3. The smallest absolute Gasteiger partial charge is 0.182 e. The molecule has 2 aromatic rings. The van der Waals surface area contributed by atoms with Crippen LogP contribution in [0.5, 0.6) is 0 Å². The van der Waals surface area contributed by atoms with E-state index in [0.717, 1.165) is 11.4 Å². The zero-order valence-electron chi connectivity index (χ0n) is 10.5. The summed E-state index contributed by atoms with van der Waals surface area (Å²) in [7, 11) is 0. The molecule has 0 N–H and O–H groups in total. The molecule has 1 unspecified atom stereocenters. The maximum atomic E-state index is 12.0. The lowest BCUT2D eigenvalue weighted by molar-refractivity contribution is 0.0991. The molecule has 94 valence electrons. The minimum atomic E-state index is -0.527. The fourth-order valence-electron chi connectivity index (χ4n) is 1.99. The van der Waals surface area contributed by atoms with Crippen LogP contribution in [0.2, 0.25) is 0 Å². The molecule has 2 heterocycles. The van der Waals surface area contributed by atoms with Gasteiger partial charge in [-0.1, -0.05) is 0 Å². The first-order chi connectivity index (χ1) is 8.52. The van der Waals surface area contributed by atoms with Crippen molar-refractivity contribution in [3.8, 4) is 5.82 Å². The number of nitrogens with zero attached hydrogens (tertiary/aromatic N) is 3. The van der Waals surface area contributed by atoms with E-state index in [4.69, 9.17) is 11.6 Å². The summed E-state index contributed by atoms with van der Waals surface area (Å²) in [5.41, 5.74) is 2.42. The standard InChI is InChI=1S/C13H14ClN3O/c1-8-6-11(13(18)9(2)14)10(3)17(8)12-7-15-4-5-16-12/h4-7,9H,1-3H3. The molecular weight excluding hydrogens is 250 g/mol. The molecule has 0 aliphatic rings. The third-order valence-corrected chi connectivity index (χ3v) is 3.03. The van der Waals surface area contributed by atoms with Gasteiger partial charge in [0.25, 0.3) is 0 Å². The Morgan fingerprint density at radius 1 is 1.39 bits per heavy atom. The Hall–Kier alpha value is -1.68. The summed E-state index contributed by atoms with van der Waals surface area (Å²) in [5.74, 6) is 0.633. The van der Waals surface area contributed by atoms with E-state index in [1.165, 1.54) is 0 Å². The maximum Gasteiger partial charge on any atom is 0.182 e. The summed E-state index contributed by atoms with van der Waals surface area (Å²) in [6, 6.07) is 1.84. The molecule has 2 aromatic heterocycles. The van der Waals surface area contributed by atoms with Crippen molar-refractivity contribution in [2.45, 2.75) is 26.1 Å². The number of alkyl halides is 1. The summed E-state index contributed by atoms with van der Waals surface area (Å²) in [6.45, 7) is 5.49. The minimum Gasteiger partial charge on any atom is -0.301 e. The molecule has 0 saturated heterocycles. The lowest BCUT2D eigenvalue weighted by atomic mass is 10.1. The predicted octanol–water partition coefficient (Wildman–Crippen LogP) is 2.69. The van der Waals surface area contributed by atoms with Crippen LogP contribution in [0.3, 0.4) is 0 Å². The first-order valence-electron chi connectivity index (χ1n) is 5.66. The molecule has 0 fully saturated rings. The van der Waals surface area contributed by atoms with Crippen molar-refractivity contribution in [2.75, 3.05) is 0 Å². The second-order valence-corrected chi connectivity index (χ2v) is 4.82. The molecule has 5 heteroatoms. The number of rotatable bonds is 3. The predicted molar refractivity (Wildman–Crippen MR) is 70.5 cm³/mol. The van der Waals surface area contributed by atoms with Crippen LogP contribution in [0.15, 0.2) is 24.7 Å². The van der Waals surface area contributed by atoms with Crippen molar-refractivity contribution in [3.05, 3.63) is 41.6 Å². The monoisotopic (exact) mass is 263 g/mol. The van der Waals surface area contributed by atoms with E-state index in [0.29, 0.717) is 11.4 Å². The largest absolute Gasteiger partial charge is 0.301 e. The molecule has 0 saturated carbocycles. The Morgan fingerprint density at radius 2 is 2.11 bits per heavy atom. The normalized spacial score (nSPS) is 12.4. The number of aryl methyl sites for hydroxylation is 1. The molecule has 0 aliphatic carbocycles. The molecule has 0 radical (unpaired) electrons. The number of carbonyl (C=O) groups excluding carboxylic acids is 1. The highest BCUT2D eigenvalue weighted by molar-refractivity contribution is 6.33. The molecule has 0 amide bonds. The highest BCUT2D eigenvalue weighted by atomic mass is 35.5. The van der Waals surface area contributed by atoms with Crippen molar-refractivity contribution in [1.29, 1.82) is 0 Å². The van der Waals surface area contributed by atoms with Crippen molar-refractivity contribution in [1.82, 2.24) is 14.5 Å². The van der Waals surface area contributed by atoms with Gasteiger partial charge in [-0.15, -0.1) is 11.6 Å². The number of hydrogen-bond donors (Lipinski definition) is 0. The van der Waals surface area contributed by atoms with E-state index in [2.05, 4.69) is 9.97 Å². The van der Waals surface area contributed by atoms with Gasteiger partial charge in [-0.25, -0.2) is 4.98 Å². The first-order valence-corrected chi connectivity index (χ1v) is 6.09. The molecule has 4 nitrogen and oxygen atoms in total. The van der Waals surface area contributed by atoms with Gasteiger partial charge < -0.3 is 4.57 Å².